The molecule has 1 amide bonds. The molecule has 7 heteroatoms. The summed E-state index contributed by atoms with van der Waals surface area (Å²) in [6, 6.07) is 9.59. The molecule has 110 valence electrons. The Kier molecular flexibility index (Phi) is 3.57. The number of carboxylic acid groups (broad SMARTS) is 1. The molecule has 1 fully saturated rings. The van der Waals surface area contributed by atoms with Gasteiger partial charge in [-0.25, -0.2) is 9.48 Å². The number of piperidine rings is 1. The molecule has 1 aromatic heterocycles. The van der Waals surface area contributed by atoms with Gasteiger partial charge < -0.3 is 15.1 Å². The zero-order chi connectivity index (χ0) is 14.8. The number of aromatic nitrogens is 3. The van der Waals surface area contributed by atoms with E-state index in [-0.39, 0.29) is 12.5 Å². The first kappa shape index (κ1) is 13.6. The number of para-hydroxylation sites is 1. The van der Waals surface area contributed by atoms with Crippen LogP contribution in [0.4, 0.5) is 4.79 Å². The van der Waals surface area contributed by atoms with E-state index in [2.05, 4.69) is 10.3 Å². The Morgan fingerprint density at radius 2 is 2.05 bits per heavy atom. The highest BCUT2D eigenvalue weighted by Gasteiger charge is 2.32. The van der Waals surface area contributed by atoms with Crippen LogP contribution in [0, 0.1) is 0 Å². The van der Waals surface area contributed by atoms with Crippen LogP contribution in [0.2, 0.25) is 0 Å². The van der Waals surface area contributed by atoms with Gasteiger partial charge in [-0.3, -0.25) is 0 Å². The van der Waals surface area contributed by atoms with E-state index in [1.54, 1.807) is 10.9 Å². The lowest BCUT2D eigenvalue weighted by molar-refractivity contribution is 0.0493. The summed E-state index contributed by atoms with van der Waals surface area (Å²) in [5, 5.41) is 27.3. The lowest BCUT2D eigenvalue weighted by Gasteiger charge is -2.33. The smallest absolute Gasteiger partial charge is 0.407 e. The van der Waals surface area contributed by atoms with Gasteiger partial charge >= 0.3 is 6.09 Å². The monoisotopic (exact) mass is 288 g/mol. The highest BCUT2D eigenvalue weighted by atomic mass is 16.4. The van der Waals surface area contributed by atoms with Crippen LogP contribution >= 0.6 is 0 Å². The van der Waals surface area contributed by atoms with Gasteiger partial charge in [0.2, 0.25) is 0 Å². The number of likely N-dealkylation sites (tertiary alicyclic amines) is 1. The molecule has 2 aromatic rings. The predicted octanol–water partition coefficient (Wildman–Crippen LogP) is 1.10. The fraction of sp³-hybridized carbons (Fsp3) is 0.357. The lowest BCUT2D eigenvalue weighted by atomic mass is 9.91. The first-order valence-electron chi connectivity index (χ1n) is 6.79. The molecule has 2 heterocycles. The Bertz CT molecular complexity index is 628. The maximum absolute atomic E-state index is 10.9. The molecular weight excluding hydrogens is 272 g/mol. The molecule has 0 spiro atoms. The van der Waals surface area contributed by atoms with Crippen molar-refractivity contribution in [1.82, 2.24) is 19.9 Å². The third-order valence-corrected chi connectivity index (χ3v) is 3.76. The zero-order valence-electron chi connectivity index (χ0n) is 11.3. The predicted molar refractivity (Wildman–Crippen MR) is 74.3 cm³/mol. The van der Waals surface area contributed by atoms with Gasteiger partial charge in [0.1, 0.15) is 0 Å². The summed E-state index contributed by atoms with van der Waals surface area (Å²) in [5.74, 6) is -0.182. The normalized spacial score (nSPS) is 22.2. The fourth-order valence-electron chi connectivity index (χ4n) is 2.60. The van der Waals surface area contributed by atoms with Gasteiger partial charge in [-0.1, -0.05) is 23.4 Å². The minimum absolute atomic E-state index is 0.109. The number of amides is 1. The minimum Gasteiger partial charge on any atom is -0.465 e. The molecule has 1 aromatic carbocycles. The molecule has 7 nitrogen and oxygen atoms in total. The second-order valence-corrected chi connectivity index (χ2v) is 5.11. The highest BCUT2D eigenvalue weighted by Crippen LogP contribution is 2.27. The van der Waals surface area contributed by atoms with Gasteiger partial charge in [0.05, 0.1) is 30.2 Å². The number of nitrogens with zero attached hydrogens (tertiary/aromatic N) is 4. The lowest BCUT2D eigenvalue weighted by Crippen LogP contribution is -2.45. The number of hydrogen-bond donors (Lipinski definition) is 2. The second kappa shape index (κ2) is 5.53. The Hall–Kier alpha value is -2.41. The van der Waals surface area contributed by atoms with Crippen LogP contribution < -0.4 is 0 Å². The third kappa shape index (κ3) is 2.73. The summed E-state index contributed by atoms with van der Waals surface area (Å²) in [5.41, 5.74) is 1.59. The Labute approximate surface area is 121 Å². The molecule has 0 radical (unpaired) electrons. The zero-order valence-corrected chi connectivity index (χ0v) is 11.3. The highest BCUT2D eigenvalue weighted by molar-refractivity contribution is 5.65. The van der Waals surface area contributed by atoms with Crippen LogP contribution in [0.1, 0.15) is 18.0 Å². The first-order chi connectivity index (χ1) is 10.1. The van der Waals surface area contributed by atoms with E-state index in [9.17, 15) is 9.90 Å². The number of aliphatic hydroxyl groups is 1. The topological polar surface area (TPSA) is 91.5 Å². The molecular formula is C14H16N4O3. The van der Waals surface area contributed by atoms with Crippen molar-refractivity contribution in [1.29, 1.82) is 0 Å². The summed E-state index contributed by atoms with van der Waals surface area (Å²) < 4.78 is 1.66. The van der Waals surface area contributed by atoms with Crippen molar-refractivity contribution in [3.05, 3.63) is 42.2 Å². The van der Waals surface area contributed by atoms with Gasteiger partial charge in [-0.15, -0.1) is 5.10 Å². The third-order valence-electron chi connectivity index (χ3n) is 3.76. The van der Waals surface area contributed by atoms with E-state index < -0.39 is 12.2 Å². The molecule has 0 bridgehead atoms. The van der Waals surface area contributed by atoms with Crippen molar-refractivity contribution >= 4 is 6.09 Å². The summed E-state index contributed by atoms with van der Waals surface area (Å²) in [4.78, 5) is 12.1. The SMILES string of the molecule is O=C(O)N1CC[C@H](c2cn(-c3ccccc3)nn2)[C@@H](O)C1. The maximum Gasteiger partial charge on any atom is 0.407 e. The number of aliphatic hydroxyl groups excluding tert-OH is 1. The van der Waals surface area contributed by atoms with Crippen molar-refractivity contribution in [3.63, 3.8) is 0 Å². The maximum atomic E-state index is 10.9. The number of rotatable bonds is 2. The summed E-state index contributed by atoms with van der Waals surface area (Å²) in [6.07, 6.45) is 0.580. The van der Waals surface area contributed by atoms with Crippen molar-refractivity contribution in [2.75, 3.05) is 13.1 Å². The quantitative estimate of drug-likeness (QED) is 0.863. The molecule has 0 aliphatic carbocycles. The Morgan fingerprint density at radius 3 is 2.71 bits per heavy atom. The Balaban J connectivity index is 1.77. The van der Waals surface area contributed by atoms with E-state index in [4.69, 9.17) is 5.11 Å². The molecule has 2 atom stereocenters. The standard InChI is InChI=1S/C14H16N4O3/c19-13-9-17(14(20)21)7-6-11(13)12-8-18(16-15-12)10-4-2-1-3-5-10/h1-5,8,11,13,19H,6-7,9H2,(H,20,21)/t11-,13+/m1/s1. The average Bonchev–Trinajstić information content (AvgIpc) is 2.97. The van der Waals surface area contributed by atoms with Crippen LogP contribution in [0.25, 0.3) is 5.69 Å². The van der Waals surface area contributed by atoms with Crippen LogP contribution in [-0.4, -0.2) is 55.4 Å². The minimum atomic E-state index is -1.000. The summed E-state index contributed by atoms with van der Waals surface area (Å²) >= 11 is 0. The molecule has 2 N–H and O–H groups in total. The van der Waals surface area contributed by atoms with Crippen LogP contribution in [0.5, 0.6) is 0 Å². The molecule has 1 aliphatic heterocycles. The molecule has 3 rings (SSSR count). The molecule has 1 saturated heterocycles. The second-order valence-electron chi connectivity index (χ2n) is 5.11. The summed E-state index contributed by atoms with van der Waals surface area (Å²) in [7, 11) is 0. The van der Waals surface area contributed by atoms with Gasteiger partial charge in [-0.2, -0.15) is 0 Å². The van der Waals surface area contributed by atoms with Crippen molar-refractivity contribution in [2.45, 2.75) is 18.4 Å². The van der Waals surface area contributed by atoms with E-state index in [0.717, 1.165) is 5.69 Å². The van der Waals surface area contributed by atoms with E-state index >= 15 is 0 Å². The fourth-order valence-corrected chi connectivity index (χ4v) is 2.60. The largest absolute Gasteiger partial charge is 0.465 e. The van der Waals surface area contributed by atoms with Gasteiger partial charge in [-0.05, 0) is 18.6 Å². The Morgan fingerprint density at radius 1 is 1.29 bits per heavy atom. The number of carbonyl (C=O) groups is 1. The molecule has 1 aliphatic rings. The van der Waals surface area contributed by atoms with E-state index in [1.165, 1.54) is 4.90 Å². The number of β-amino-alcohol motifs (C(OH)–C–C–N with tert-alkyl or cyclic N) is 1. The number of hydrogen-bond acceptors (Lipinski definition) is 4. The van der Waals surface area contributed by atoms with E-state index in [1.807, 2.05) is 30.3 Å². The van der Waals surface area contributed by atoms with Crippen LogP contribution in [0.3, 0.4) is 0 Å². The molecule has 21 heavy (non-hydrogen) atoms. The van der Waals surface area contributed by atoms with Crippen LogP contribution in [-0.2, 0) is 0 Å². The number of benzene rings is 1. The van der Waals surface area contributed by atoms with Crippen molar-refractivity contribution < 1.29 is 15.0 Å². The molecule has 0 saturated carbocycles. The first-order valence-corrected chi connectivity index (χ1v) is 6.79. The van der Waals surface area contributed by atoms with Gasteiger partial charge in [0.15, 0.2) is 0 Å². The summed E-state index contributed by atoms with van der Waals surface area (Å²) in [6.45, 7) is 0.507. The van der Waals surface area contributed by atoms with Gasteiger partial charge in [0, 0.05) is 12.5 Å². The average molecular weight is 288 g/mol. The van der Waals surface area contributed by atoms with E-state index in [0.29, 0.717) is 18.7 Å². The molecule has 0 unspecified atom stereocenters. The van der Waals surface area contributed by atoms with Crippen molar-refractivity contribution in [3.8, 4) is 5.69 Å². The van der Waals surface area contributed by atoms with Crippen LogP contribution in [0.15, 0.2) is 36.5 Å². The van der Waals surface area contributed by atoms with Crippen molar-refractivity contribution in [2.24, 2.45) is 0 Å². The van der Waals surface area contributed by atoms with Gasteiger partial charge in [0.25, 0.3) is 0 Å².